The number of carbonyl (C=O) groups is 1. The minimum Gasteiger partial charge on any atom is -0.298 e. The molecule has 0 spiro atoms. The van der Waals surface area contributed by atoms with Gasteiger partial charge >= 0.3 is 0 Å². The Bertz CT molecular complexity index is 576. The fraction of sp³-hybridized carbons (Fsp3) is 0.188. The maximum absolute atomic E-state index is 11.1. The predicted molar refractivity (Wildman–Crippen MR) is 84.2 cm³/mol. The molecule has 0 aromatic heterocycles. The number of carbonyl (C=O) groups excluding carboxylic acids is 1. The third-order valence-electron chi connectivity index (χ3n) is 2.87. The molecule has 0 fully saturated rings. The van der Waals surface area contributed by atoms with E-state index in [1.807, 2.05) is 18.2 Å². The zero-order valence-corrected chi connectivity index (χ0v) is 13.3. The Hall–Kier alpha value is -1.06. The molecule has 0 radical (unpaired) electrons. The average Bonchev–Trinajstić information content (AvgIpc) is 2.41. The van der Waals surface area contributed by atoms with Crippen molar-refractivity contribution in [3.05, 3.63) is 58.1 Å². The van der Waals surface area contributed by atoms with E-state index in [2.05, 4.69) is 54.0 Å². The maximum atomic E-state index is 11.1. The Balaban J connectivity index is 2.23. The lowest BCUT2D eigenvalue weighted by atomic mass is 10.0. The second-order valence-electron chi connectivity index (χ2n) is 4.63. The van der Waals surface area contributed by atoms with E-state index in [-0.39, 0.29) is 0 Å². The van der Waals surface area contributed by atoms with Crippen molar-refractivity contribution in [2.24, 2.45) is 0 Å². The van der Waals surface area contributed by atoms with Crippen LogP contribution in [0.15, 0.2) is 56.7 Å². The molecule has 0 bridgehead atoms. The summed E-state index contributed by atoms with van der Waals surface area (Å²) in [6, 6.07) is 14.3. The quantitative estimate of drug-likeness (QED) is 0.683. The molecule has 2 aromatic rings. The van der Waals surface area contributed by atoms with Gasteiger partial charge in [0, 0.05) is 19.8 Å². The molecule has 3 heteroatoms. The van der Waals surface area contributed by atoms with Crippen LogP contribution in [0.3, 0.4) is 0 Å². The maximum Gasteiger partial charge on any atom is 0.151 e. The van der Waals surface area contributed by atoms with Crippen LogP contribution in [0.5, 0.6) is 0 Å². The van der Waals surface area contributed by atoms with Crippen LogP contribution < -0.4 is 0 Å². The molecular weight excluding hydrogens is 320 g/mol. The summed E-state index contributed by atoms with van der Waals surface area (Å²) in [5, 5.41) is 0. The first-order valence-electron chi connectivity index (χ1n) is 6.12. The first-order chi connectivity index (χ1) is 9.10. The van der Waals surface area contributed by atoms with Crippen LogP contribution in [-0.4, -0.2) is 6.29 Å². The van der Waals surface area contributed by atoms with Crippen LogP contribution in [-0.2, 0) is 0 Å². The SMILES string of the molecule is CC(C)c1ccc(Sc2ccc(Br)cc2C=O)cc1. The van der Waals surface area contributed by atoms with E-state index < -0.39 is 0 Å². The van der Waals surface area contributed by atoms with E-state index in [9.17, 15) is 4.79 Å². The molecule has 98 valence electrons. The van der Waals surface area contributed by atoms with Crippen molar-refractivity contribution in [3.8, 4) is 0 Å². The Morgan fingerprint density at radius 1 is 1.11 bits per heavy atom. The Kier molecular flexibility index (Phi) is 4.83. The lowest BCUT2D eigenvalue weighted by Gasteiger charge is -2.08. The summed E-state index contributed by atoms with van der Waals surface area (Å²) in [6.07, 6.45) is 0.898. The van der Waals surface area contributed by atoms with Gasteiger partial charge in [0.2, 0.25) is 0 Å². The Morgan fingerprint density at radius 3 is 2.37 bits per heavy atom. The summed E-state index contributed by atoms with van der Waals surface area (Å²) in [5.74, 6) is 0.539. The summed E-state index contributed by atoms with van der Waals surface area (Å²) in [4.78, 5) is 13.2. The first-order valence-corrected chi connectivity index (χ1v) is 7.73. The number of hydrogen-bond donors (Lipinski definition) is 0. The van der Waals surface area contributed by atoms with Crippen molar-refractivity contribution < 1.29 is 4.79 Å². The number of rotatable bonds is 4. The van der Waals surface area contributed by atoms with Crippen LogP contribution >= 0.6 is 27.7 Å². The van der Waals surface area contributed by atoms with Gasteiger partial charge in [0.25, 0.3) is 0 Å². The summed E-state index contributed by atoms with van der Waals surface area (Å²) in [6.45, 7) is 4.36. The van der Waals surface area contributed by atoms with Gasteiger partial charge in [-0.15, -0.1) is 0 Å². The third kappa shape index (κ3) is 3.71. The highest BCUT2D eigenvalue weighted by atomic mass is 79.9. The van der Waals surface area contributed by atoms with Gasteiger partial charge < -0.3 is 0 Å². The monoisotopic (exact) mass is 334 g/mol. The van der Waals surface area contributed by atoms with Crippen molar-refractivity contribution in [1.82, 2.24) is 0 Å². The predicted octanol–water partition coefficient (Wildman–Crippen LogP) is 5.54. The molecule has 0 aliphatic heterocycles. The number of halogens is 1. The molecule has 2 rings (SSSR count). The van der Waals surface area contributed by atoms with E-state index in [0.717, 1.165) is 20.5 Å². The van der Waals surface area contributed by atoms with E-state index in [4.69, 9.17) is 0 Å². The van der Waals surface area contributed by atoms with E-state index in [0.29, 0.717) is 11.5 Å². The van der Waals surface area contributed by atoms with Crippen LogP contribution in [0.25, 0.3) is 0 Å². The lowest BCUT2D eigenvalue weighted by molar-refractivity contribution is 0.112. The Labute approximate surface area is 126 Å². The van der Waals surface area contributed by atoms with Gasteiger partial charge in [-0.2, -0.15) is 0 Å². The second-order valence-corrected chi connectivity index (χ2v) is 6.66. The van der Waals surface area contributed by atoms with E-state index in [1.54, 1.807) is 11.8 Å². The zero-order chi connectivity index (χ0) is 13.8. The third-order valence-corrected chi connectivity index (χ3v) is 4.47. The molecule has 0 aliphatic carbocycles. The molecule has 1 nitrogen and oxygen atoms in total. The number of benzene rings is 2. The van der Waals surface area contributed by atoms with Gasteiger partial charge in [-0.3, -0.25) is 4.79 Å². The molecule has 0 saturated heterocycles. The van der Waals surface area contributed by atoms with Gasteiger partial charge in [-0.05, 0) is 41.8 Å². The smallest absolute Gasteiger partial charge is 0.151 e. The van der Waals surface area contributed by atoms with Crippen molar-refractivity contribution in [2.75, 3.05) is 0 Å². The molecule has 0 atom stereocenters. The van der Waals surface area contributed by atoms with Crippen molar-refractivity contribution in [2.45, 2.75) is 29.6 Å². The van der Waals surface area contributed by atoms with Crippen LogP contribution in [0.1, 0.15) is 35.7 Å². The van der Waals surface area contributed by atoms with Crippen molar-refractivity contribution in [3.63, 3.8) is 0 Å². The van der Waals surface area contributed by atoms with Gasteiger partial charge in [0.05, 0.1) is 0 Å². The second kappa shape index (κ2) is 6.40. The fourth-order valence-electron chi connectivity index (χ4n) is 1.75. The summed E-state index contributed by atoms with van der Waals surface area (Å²) in [5.41, 5.74) is 2.04. The molecule has 0 heterocycles. The first kappa shape index (κ1) is 14.4. The molecule has 2 aromatic carbocycles. The van der Waals surface area contributed by atoms with Gasteiger partial charge in [0.15, 0.2) is 6.29 Å². The summed E-state index contributed by atoms with van der Waals surface area (Å²) in [7, 11) is 0. The van der Waals surface area contributed by atoms with E-state index in [1.165, 1.54) is 5.56 Å². The molecule has 19 heavy (non-hydrogen) atoms. The average molecular weight is 335 g/mol. The normalized spacial score (nSPS) is 10.7. The molecular formula is C16H15BrOS. The van der Waals surface area contributed by atoms with Gasteiger partial charge in [-0.25, -0.2) is 0 Å². The Morgan fingerprint density at radius 2 is 1.79 bits per heavy atom. The molecule has 0 amide bonds. The molecule has 0 saturated carbocycles. The number of hydrogen-bond acceptors (Lipinski definition) is 2. The fourth-order valence-corrected chi connectivity index (χ4v) is 3.02. The standard InChI is InChI=1S/C16H15BrOS/c1-11(2)12-3-6-15(7-4-12)19-16-8-5-14(17)9-13(16)10-18/h3-11H,1-2H3. The highest BCUT2D eigenvalue weighted by Crippen LogP contribution is 2.32. The van der Waals surface area contributed by atoms with Crippen LogP contribution in [0.4, 0.5) is 0 Å². The molecule has 0 N–H and O–H groups in total. The van der Waals surface area contributed by atoms with Crippen LogP contribution in [0.2, 0.25) is 0 Å². The minimum absolute atomic E-state index is 0.539. The van der Waals surface area contributed by atoms with Gasteiger partial charge in [-0.1, -0.05) is 53.7 Å². The summed E-state index contributed by atoms with van der Waals surface area (Å²) >= 11 is 5.00. The lowest BCUT2D eigenvalue weighted by Crippen LogP contribution is -1.87. The minimum atomic E-state index is 0.539. The highest BCUT2D eigenvalue weighted by molar-refractivity contribution is 9.10. The topological polar surface area (TPSA) is 17.1 Å². The molecule has 0 unspecified atom stereocenters. The van der Waals surface area contributed by atoms with E-state index >= 15 is 0 Å². The van der Waals surface area contributed by atoms with Crippen molar-refractivity contribution in [1.29, 1.82) is 0 Å². The largest absolute Gasteiger partial charge is 0.298 e. The van der Waals surface area contributed by atoms with Crippen LogP contribution in [0, 0.1) is 0 Å². The highest BCUT2D eigenvalue weighted by Gasteiger charge is 2.05. The molecule has 0 aliphatic rings. The van der Waals surface area contributed by atoms with Gasteiger partial charge in [0.1, 0.15) is 0 Å². The summed E-state index contributed by atoms with van der Waals surface area (Å²) < 4.78 is 0.925. The number of aldehydes is 1. The zero-order valence-electron chi connectivity index (χ0n) is 10.9. The van der Waals surface area contributed by atoms with Crippen molar-refractivity contribution >= 4 is 34.0 Å².